The molecule has 5 nitrogen and oxygen atoms in total. The summed E-state index contributed by atoms with van der Waals surface area (Å²) < 4.78 is 0. The average molecular weight is 330 g/mol. The van der Waals surface area contributed by atoms with Gasteiger partial charge in [0.25, 0.3) is 5.91 Å². The van der Waals surface area contributed by atoms with Crippen LogP contribution in [0.3, 0.4) is 0 Å². The molecule has 0 aliphatic carbocycles. The van der Waals surface area contributed by atoms with Gasteiger partial charge in [-0.25, -0.2) is 4.79 Å². The number of aromatic nitrogens is 1. The second-order valence-corrected chi connectivity index (χ2v) is 6.06. The molecule has 1 N–H and O–H groups in total. The summed E-state index contributed by atoms with van der Waals surface area (Å²) in [4.78, 5) is 30.2. The lowest BCUT2D eigenvalue weighted by atomic mass is 9.92. The molecule has 0 spiro atoms. The van der Waals surface area contributed by atoms with Crippen LogP contribution in [0, 0.1) is 0 Å². The minimum atomic E-state index is -1.06. The number of benzene rings is 1. The van der Waals surface area contributed by atoms with E-state index in [1.54, 1.807) is 43.6 Å². The fourth-order valence-electron chi connectivity index (χ4n) is 2.67. The predicted octanol–water partition coefficient (Wildman–Crippen LogP) is 2.74. The van der Waals surface area contributed by atoms with E-state index in [1.807, 2.05) is 12.1 Å². The van der Waals surface area contributed by atoms with Crippen LogP contribution in [0.5, 0.6) is 0 Å². The zero-order chi connectivity index (χ0) is 16.4. The molecule has 2 heterocycles. The lowest BCUT2D eigenvalue weighted by Gasteiger charge is -2.22. The van der Waals surface area contributed by atoms with E-state index in [9.17, 15) is 9.59 Å². The fraction of sp³-hybridized carbons (Fsp3) is 0.235. The number of urea groups is 1. The molecular weight excluding hydrogens is 314 g/mol. The van der Waals surface area contributed by atoms with Crippen LogP contribution in [0.2, 0.25) is 5.02 Å². The van der Waals surface area contributed by atoms with Crippen molar-refractivity contribution in [2.45, 2.75) is 18.9 Å². The maximum atomic E-state index is 12.7. The third-order valence-corrected chi connectivity index (χ3v) is 4.32. The summed E-state index contributed by atoms with van der Waals surface area (Å²) >= 11 is 5.89. The van der Waals surface area contributed by atoms with Crippen LogP contribution in [-0.2, 0) is 16.8 Å². The Labute approximate surface area is 139 Å². The number of nitrogens with one attached hydrogen (secondary N) is 1. The molecule has 2 aromatic rings. The van der Waals surface area contributed by atoms with Crippen LogP contribution in [0.4, 0.5) is 4.79 Å². The van der Waals surface area contributed by atoms with Gasteiger partial charge in [-0.05, 0) is 48.7 Å². The largest absolute Gasteiger partial charge is 0.325 e. The zero-order valence-electron chi connectivity index (χ0n) is 12.6. The number of imide groups is 1. The van der Waals surface area contributed by atoms with Gasteiger partial charge in [0.15, 0.2) is 0 Å². The topological polar surface area (TPSA) is 62.3 Å². The molecule has 1 atom stereocenters. The summed E-state index contributed by atoms with van der Waals surface area (Å²) in [5.41, 5.74) is 0.687. The Hall–Kier alpha value is -2.40. The number of halogens is 1. The van der Waals surface area contributed by atoms with E-state index < -0.39 is 5.54 Å². The van der Waals surface area contributed by atoms with Crippen LogP contribution in [0.15, 0.2) is 48.8 Å². The lowest BCUT2D eigenvalue weighted by molar-refractivity contribution is -0.131. The summed E-state index contributed by atoms with van der Waals surface area (Å²) in [6.07, 6.45) is 3.98. The second-order valence-electron chi connectivity index (χ2n) is 5.62. The van der Waals surface area contributed by atoms with Crippen molar-refractivity contribution in [1.29, 1.82) is 0 Å². The normalized spacial score (nSPS) is 20.7. The zero-order valence-corrected chi connectivity index (χ0v) is 13.4. The molecule has 23 heavy (non-hydrogen) atoms. The molecule has 0 bridgehead atoms. The first kappa shape index (κ1) is 15.5. The summed E-state index contributed by atoms with van der Waals surface area (Å²) in [6, 6.07) is 10.3. The highest BCUT2D eigenvalue weighted by Gasteiger charge is 2.48. The van der Waals surface area contributed by atoms with Gasteiger partial charge in [0.2, 0.25) is 0 Å². The Balaban J connectivity index is 1.78. The molecule has 1 aromatic carbocycles. The smallest absolute Gasteiger partial charge is 0.319 e. The van der Waals surface area contributed by atoms with Crippen LogP contribution < -0.4 is 5.32 Å². The highest BCUT2D eigenvalue weighted by atomic mass is 35.5. The first-order valence-corrected chi connectivity index (χ1v) is 7.67. The van der Waals surface area contributed by atoms with Crippen molar-refractivity contribution in [3.8, 4) is 0 Å². The molecule has 1 unspecified atom stereocenters. The molecule has 3 rings (SSSR count). The number of pyridine rings is 1. The molecule has 0 saturated carbocycles. The van der Waals surface area contributed by atoms with E-state index in [0.717, 1.165) is 5.56 Å². The predicted molar refractivity (Wildman–Crippen MR) is 87.0 cm³/mol. The number of carbonyl (C=O) groups is 2. The van der Waals surface area contributed by atoms with Crippen molar-refractivity contribution in [2.24, 2.45) is 0 Å². The van der Waals surface area contributed by atoms with E-state index >= 15 is 0 Å². The van der Waals surface area contributed by atoms with E-state index in [2.05, 4.69) is 10.3 Å². The molecule has 1 saturated heterocycles. The second kappa shape index (κ2) is 6.01. The number of carbonyl (C=O) groups excluding carboxylic acids is 2. The van der Waals surface area contributed by atoms with Gasteiger partial charge < -0.3 is 5.32 Å². The van der Waals surface area contributed by atoms with Crippen molar-refractivity contribution in [1.82, 2.24) is 15.2 Å². The van der Waals surface area contributed by atoms with Crippen molar-refractivity contribution in [2.75, 3.05) is 6.54 Å². The SMILES string of the molecule is CC1(c2ccc(Cl)cc2)NC(=O)N(CCc2ccncc2)C1=O. The number of hydrogen-bond acceptors (Lipinski definition) is 3. The number of rotatable bonds is 4. The van der Waals surface area contributed by atoms with Gasteiger partial charge in [0.05, 0.1) is 0 Å². The summed E-state index contributed by atoms with van der Waals surface area (Å²) in [7, 11) is 0. The Morgan fingerprint density at radius 2 is 1.78 bits per heavy atom. The quantitative estimate of drug-likeness (QED) is 0.877. The van der Waals surface area contributed by atoms with Gasteiger partial charge in [0.1, 0.15) is 5.54 Å². The Kier molecular flexibility index (Phi) is 4.05. The molecule has 1 aromatic heterocycles. The highest BCUT2D eigenvalue weighted by Crippen LogP contribution is 2.29. The van der Waals surface area contributed by atoms with Crippen LogP contribution in [0.1, 0.15) is 18.1 Å². The van der Waals surface area contributed by atoms with Crippen molar-refractivity contribution in [3.05, 3.63) is 64.9 Å². The monoisotopic (exact) mass is 329 g/mol. The number of amides is 3. The van der Waals surface area contributed by atoms with Gasteiger partial charge in [-0.1, -0.05) is 23.7 Å². The van der Waals surface area contributed by atoms with Gasteiger partial charge in [-0.3, -0.25) is 14.7 Å². The maximum Gasteiger partial charge on any atom is 0.325 e. The average Bonchev–Trinajstić information content (AvgIpc) is 2.77. The van der Waals surface area contributed by atoms with Gasteiger partial charge in [-0.2, -0.15) is 0 Å². The first-order chi connectivity index (χ1) is 11.0. The summed E-state index contributed by atoms with van der Waals surface area (Å²) in [5.74, 6) is -0.251. The van der Waals surface area contributed by atoms with E-state index in [1.165, 1.54) is 4.90 Å². The lowest BCUT2D eigenvalue weighted by Crippen LogP contribution is -2.41. The fourth-order valence-corrected chi connectivity index (χ4v) is 2.80. The summed E-state index contributed by atoms with van der Waals surface area (Å²) in [5, 5.41) is 3.37. The summed E-state index contributed by atoms with van der Waals surface area (Å²) in [6.45, 7) is 2.04. The third kappa shape index (κ3) is 2.92. The molecule has 0 radical (unpaired) electrons. The minimum absolute atomic E-state index is 0.251. The molecule has 3 amide bonds. The first-order valence-electron chi connectivity index (χ1n) is 7.30. The van der Waals surface area contributed by atoms with Gasteiger partial charge in [0, 0.05) is 24.0 Å². The molecule has 118 valence electrons. The Morgan fingerprint density at radius 1 is 1.13 bits per heavy atom. The molecule has 1 aliphatic heterocycles. The highest BCUT2D eigenvalue weighted by molar-refractivity contribution is 6.30. The maximum absolute atomic E-state index is 12.7. The minimum Gasteiger partial charge on any atom is -0.319 e. The van der Waals surface area contributed by atoms with E-state index in [0.29, 0.717) is 23.6 Å². The number of nitrogens with zero attached hydrogens (tertiary/aromatic N) is 2. The molecule has 6 heteroatoms. The van der Waals surface area contributed by atoms with Gasteiger partial charge >= 0.3 is 6.03 Å². The molecule has 1 aliphatic rings. The van der Waals surface area contributed by atoms with Gasteiger partial charge in [-0.15, -0.1) is 0 Å². The Morgan fingerprint density at radius 3 is 2.43 bits per heavy atom. The Bertz CT molecular complexity index is 733. The van der Waals surface area contributed by atoms with E-state index in [4.69, 9.17) is 11.6 Å². The van der Waals surface area contributed by atoms with E-state index in [-0.39, 0.29) is 11.9 Å². The number of hydrogen-bond donors (Lipinski definition) is 1. The van der Waals surface area contributed by atoms with Crippen LogP contribution >= 0.6 is 11.6 Å². The third-order valence-electron chi connectivity index (χ3n) is 4.07. The van der Waals surface area contributed by atoms with Crippen LogP contribution in [-0.4, -0.2) is 28.4 Å². The van der Waals surface area contributed by atoms with Crippen molar-refractivity contribution < 1.29 is 9.59 Å². The van der Waals surface area contributed by atoms with Crippen LogP contribution in [0.25, 0.3) is 0 Å². The van der Waals surface area contributed by atoms with Crippen molar-refractivity contribution >= 4 is 23.5 Å². The standard InChI is InChI=1S/C17H16ClN3O2/c1-17(13-2-4-14(18)5-3-13)15(22)21(16(23)20-17)11-8-12-6-9-19-10-7-12/h2-7,9-10H,8,11H2,1H3,(H,20,23). The van der Waals surface area contributed by atoms with Crippen molar-refractivity contribution in [3.63, 3.8) is 0 Å². The molecular formula is C17H16ClN3O2. The molecule has 1 fully saturated rings.